The molecule has 1 aromatic rings. The Labute approximate surface area is 80.3 Å². The predicted molar refractivity (Wildman–Crippen MR) is 47.3 cm³/mol. The van der Waals surface area contributed by atoms with E-state index in [4.69, 9.17) is 9.68 Å². The van der Waals surface area contributed by atoms with Crippen LogP contribution in [0.15, 0.2) is 16.5 Å². The molecule has 0 bridgehead atoms. The first-order valence-corrected chi connectivity index (χ1v) is 4.05. The van der Waals surface area contributed by atoms with Crippen LogP contribution in [0.2, 0.25) is 0 Å². The smallest absolute Gasteiger partial charge is 0.404 e. The van der Waals surface area contributed by atoms with E-state index in [1.165, 1.54) is 12.1 Å². The van der Waals surface area contributed by atoms with Crippen molar-refractivity contribution in [2.75, 3.05) is 6.54 Å². The van der Waals surface area contributed by atoms with E-state index in [2.05, 4.69) is 5.32 Å². The first-order valence-electron chi connectivity index (χ1n) is 4.05. The van der Waals surface area contributed by atoms with Gasteiger partial charge in [-0.15, -0.1) is 0 Å². The first-order chi connectivity index (χ1) is 6.74. The monoisotopic (exact) mass is 195 g/mol. The maximum atomic E-state index is 10.2. The second kappa shape index (κ2) is 4.99. The highest BCUT2D eigenvalue weighted by Crippen LogP contribution is 2.14. The van der Waals surface area contributed by atoms with Gasteiger partial charge in [0.1, 0.15) is 10.7 Å². The second-order valence-corrected chi connectivity index (χ2v) is 2.58. The van der Waals surface area contributed by atoms with Crippen molar-refractivity contribution < 1.29 is 9.34 Å². The Morgan fingerprint density at radius 2 is 2.43 bits per heavy atom. The molecule has 6 heteroatoms. The summed E-state index contributed by atoms with van der Waals surface area (Å²) >= 11 is 0. The molecule has 74 valence electrons. The van der Waals surface area contributed by atoms with Crippen LogP contribution in [0.3, 0.4) is 0 Å². The molecule has 0 fully saturated rings. The lowest BCUT2D eigenvalue weighted by Crippen LogP contribution is -2.13. The molecule has 0 aliphatic heterocycles. The maximum Gasteiger partial charge on any atom is 0.433 e. The van der Waals surface area contributed by atoms with Gasteiger partial charge in [-0.2, -0.15) is 5.26 Å². The summed E-state index contributed by atoms with van der Waals surface area (Å²) in [6.07, 6.45) is 0.406. The molecule has 0 aromatic carbocycles. The molecule has 0 amide bonds. The fourth-order valence-corrected chi connectivity index (χ4v) is 0.916. The zero-order chi connectivity index (χ0) is 10.4. The summed E-state index contributed by atoms with van der Waals surface area (Å²) in [5.74, 6) is 0.233. The van der Waals surface area contributed by atoms with Crippen LogP contribution in [-0.4, -0.2) is 11.5 Å². The third-order valence-corrected chi connectivity index (χ3v) is 1.54. The van der Waals surface area contributed by atoms with E-state index < -0.39 is 4.92 Å². The summed E-state index contributed by atoms with van der Waals surface area (Å²) in [6, 6.07) is 4.82. The van der Waals surface area contributed by atoms with E-state index in [1.54, 1.807) is 0 Å². The largest absolute Gasteiger partial charge is 0.433 e. The Kier molecular flexibility index (Phi) is 3.64. The van der Waals surface area contributed by atoms with E-state index in [1.807, 2.05) is 6.07 Å². The number of hydrogen-bond acceptors (Lipinski definition) is 5. The van der Waals surface area contributed by atoms with Gasteiger partial charge in [0.25, 0.3) is 0 Å². The van der Waals surface area contributed by atoms with Gasteiger partial charge in [-0.25, -0.2) is 0 Å². The van der Waals surface area contributed by atoms with E-state index >= 15 is 0 Å². The highest BCUT2D eigenvalue weighted by Gasteiger charge is 2.10. The van der Waals surface area contributed by atoms with E-state index in [0.29, 0.717) is 25.3 Å². The van der Waals surface area contributed by atoms with Crippen LogP contribution in [0.1, 0.15) is 12.2 Å². The average molecular weight is 195 g/mol. The molecule has 0 radical (unpaired) electrons. The first kappa shape index (κ1) is 10.2. The van der Waals surface area contributed by atoms with Gasteiger partial charge in [0.2, 0.25) is 0 Å². The van der Waals surface area contributed by atoms with Crippen LogP contribution in [0.25, 0.3) is 0 Å². The minimum atomic E-state index is -0.585. The summed E-state index contributed by atoms with van der Waals surface area (Å²) in [6.45, 7) is 0.945. The highest BCUT2D eigenvalue weighted by molar-refractivity contribution is 5.17. The second-order valence-electron chi connectivity index (χ2n) is 2.58. The molecule has 0 aliphatic carbocycles. The fourth-order valence-electron chi connectivity index (χ4n) is 0.916. The number of nitrogens with zero attached hydrogens (tertiary/aromatic N) is 2. The molecule has 6 nitrogen and oxygen atoms in total. The lowest BCUT2D eigenvalue weighted by Gasteiger charge is -1.96. The van der Waals surface area contributed by atoms with Crippen LogP contribution in [0, 0.1) is 21.4 Å². The molecule has 1 N–H and O–H groups in total. The van der Waals surface area contributed by atoms with Gasteiger partial charge in [-0.1, -0.05) is 0 Å². The summed E-state index contributed by atoms with van der Waals surface area (Å²) in [7, 11) is 0. The van der Waals surface area contributed by atoms with Crippen molar-refractivity contribution in [3.8, 4) is 6.07 Å². The molecular formula is C8H9N3O3. The van der Waals surface area contributed by atoms with Crippen LogP contribution in [-0.2, 0) is 6.54 Å². The Bertz CT molecular complexity index is 353. The predicted octanol–water partition coefficient (Wildman–Crippen LogP) is 1.19. The van der Waals surface area contributed by atoms with Crippen molar-refractivity contribution in [3.05, 3.63) is 28.0 Å². The SMILES string of the molecule is N#CCCNCc1ccc([N+](=O)[O-])o1. The zero-order valence-electron chi connectivity index (χ0n) is 7.40. The fraction of sp³-hybridized carbons (Fsp3) is 0.375. The summed E-state index contributed by atoms with van der Waals surface area (Å²) < 4.78 is 4.88. The van der Waals surface area contributed by atoms with E-state index in [0.717, 1.165) is 0 Å². The molecule has 0 saturated carbocycles. The van der Waals surface area contributed by atoms with Gasteiger partial charge in [-0.3, -0.25) is 10.1 Å². The molecular weight excluding hydrogens is 186 g/mol. The van der Waals surface area contributed by atoms with Crippen molar-refractivity contribution in [2.24, 2.45) is 0 Å². The number of nitro groups is 1. The third-order valence-electron chi connectivity index (χ3n) is 1.54. The number of nitriles is 1. The average Bonchev–Trinajstić information content (AvgIpc) is 2.61. The molecule has 0 saturated heterocycles. The van der Waals surface area contributed by atoms with E-state index in [-0.39, 0.29) is 5.88 Å². The van der Waals surface area contributed by atoms with Crippen LogP contribution >= 0.6 is 0 Å². The van der Waals surface area contributed by atoms with Crippen molar-refractivity contribution in [1.29, 1.82) is 5.26 Å². The van der Waals surface area contributed by atoms with Crippen molar-refractivity contribution >= 4 is 5.88 Å². The maximum absolute atomic E-state index is 10.2. The Balaban J connectivity index is 2.37. The molecule has 1 heterocycles. The Morgan fingerprint density at radius 1 is 1.64 bits per heavy atom. The number of nitrogens with one attached hydrogen (secondary N) is 1. The topological polar surface area (TPSA) is 92.1 Å². The Hall–Kier alpha value is -1.87. The minimum absolute atomic E-state index is 0.262. The molecule has 0 spiro atoms. The summed E-state index contributed by atoms with van der Waals surface area (Å²) in [4.78, 5) is 9.65. The van der Waals surface area contributed by atoms with Crippen molar-refractivity contribution in [1.82, 2.24) is 5.32 Å². The molecule has 0 aliphatic rings. The highest BCUT2D eigenvalue weighted by atomic mass is 16.6. The van der Waals surface area contributed by atoms with E-state index in [9.17, 15) is 10.1 Å². The normalized spacial score (nSPS) is 9.64. The molecule has 1 aromatic heterocycles. The molecule has 0 atom stereocenters. The van der Waals surface area contributed by atoms with Gasteiger partial charge in [0.15, 0.2) is 0 Å². The summed E-state index contributed by atoms with van der Waals surface area (Å²) in [5.41, 5.74) is 0. The van der Waals surface area contributed by atoms with Gasteiger partial charge >= 0.3 is 5.88 Å². The number of hydrogen-bond donors (Lipinski definition) is 1. The van der Waals surface area contributed by atoms with Crippen LogP contribution < -0.4 is 5.32 Å². The Morgan fingerprint density at radius 3 is 3.00 bits per heavy atom. The lowest BCUT2D eigenvalue weighted by atomic mass is 10.4. The number of rotatable bonds is 5. The third kappa shape index (κ3) is 2.88. The van der Waals surface area contributed by atoms with Crippen molar-refractivity contribution in [2.45, 2.75) is 13.0 Å². The van der Waals surface area contributed by atoms with Gasteiger partial charge in [0.05, 0.1) is 18.7 Å². The quantitative estimate of drug-likeness (QED) is 0.432. The lowest BCUT2D eigenvalue weighted by molar-refractivity contribution is -0.402. The zero-order valence-corrected chi connectivity index (χ0v) is 7.40. The molecule has 1 rings (SSSR count). The van der Waals surface area contributed by atoms with Gasteiger partial charge in [-0.05, 0) is 6.07 Å². The summed E-state index contributed by atoms with van der Waals surface area (Å²) in [5, 5.41) is 21.4. The minimum Gasteiger partial charge on any atom is -0.404 e. The molecule has 14 heavy (non-hydrogen) atoms. The van der Waals surface area contributed by atoms with Gasteiger partial charge in [0, 0.05) is 13.0 Å². The van der Waals surface area contributed by atoms with Crippen molar-refractivity contribution in [3.63, 3.8) is 0 Å². The van der Waals surface area contributed by atoms with Crippen LogP contribution in [0.4, 0.5) is 5.88 Å². The molecule has 0 unspecified atom stereocenters. The van der Waals surface area contributed by atoms with Gasteiger partial charge < -0.3 is 9.73 Å². The standard InChI is InChI=1S/C8H9N3O3/c9-4-1-5-10-6-7-2-3-8(14-7)11(12)13/h2-3,10H,1,5-6H2. The number of furan rings is 1. The van der Waals surface area contributed by atoms with Crippen LogP contribution in [0.5, 0.6) is 0 Å².